The smallest absolute Gasteiger partial charge is 0.500 e. The summed E-state index contributed by atoms with van der Waals surface area (Å²) in [4.78, 5) is 0. The van der Waals surface area contributed by atoms with Gasteiger partial charge in [-0.2, -0.15) is 26.3 Å². The first-order valence-corrected chi connectivity index (χ1v) is 6.43. The van der Waals surface area contributed by atoms with E-state index in [0.717, 1.165) is 24.3 Å². The normalized spacial score (nSPS) is 12.0. The van der Waals surface area contributed by atoms with Crippen LogP contribution in [0.5, 0.6) is 11.5 Å². The zero-order valence-corrected chi connectivity index (χ0v) is 11.7. The van der Waals surface area contributed by atoms with Gasteiger partial charge >= 0.3 is 19.7 Å². The molecular formula is C14H9BF6O3. The molecule has 0 heterocycles. The van der Waals surface area contributed by atoms with Gasteiger partial charge in [0.05, 0.1) is 11.1 Å². The molecule has 0 radical (unpaired) electrons. The minimum atomic E-state index is -4.76. The van der Waals surface area contributed by atoms with Crippen LogP contribution in [-0.4, -0.2) is 12.3 Å². The van der Waals surface area contributed by atoms with Crippen molar-refractivity contribution in [1.82, 2.24) is 0 Å². The SMILES string of the molecule is OB(Oc1ccccc1C(F)(F)F)Oc1ccccc1C(F)(F)F. The van der Waals surface area contributed by atoms with Crippen LogP contribution in [-0.2, 0) is 12.4 Å². The Morgan fingerprint density at radius 1 is 0.667 bits per heavy atom. The number of hydrogen-bond donors (Lipinski definition) is 1. The summed E-state index contributed by atoms with van der Waals surface area (Å²) < 4.78 is 85.9. The molecule has 0 aliphatic heterocycles. The van der Waals surface area contributed by atoms with Gasteiger partial charge < -0.3 is 14.3 Å². The minimum absolute atomic E-state index is 0.700. The van der Waals surface area contributed by atoms with Crippen LogP contribution in [0.1, 0.15) is 11.1 Å². The molecule has 1 N–H and O–H groups in total. The van der Waals surface area contributed by atoms with Crippen LogP contribution in [0.4, 0.5) is 26.3 Å². The zero-order chi connectivity index (χ0) is 18.0. The van der Waals surface area contributed by atoms with Gasteiger partial charge in [0, 0.05) is 0 Å². The molecule has 0 fully saturated rings. The quantitative estimate of drug-likeness (QED) is 0.665. The van der Waals surface area contributed by atoms with Gasteiger partial charge in [-0.15, -0.1) is 0 Å². The van der Waals surface area contributed by atoms with Crippen molar-refractivity contribution < 1.29 is 40.7 Å². The maximum Gasteiger partial charge on any atom is 0.785 e. The summed E-state index contributed by atoms with van der Waals surface area (Å²) >= 11 is 0. The van der Waals surface area contributed by atoms with Gasteiger partial charge in [0.2, 0.25) is 0 Å². The summed E-state index contributed by atoms with van der Waals surface area (Å²) in [6, 6.07) is 7.83. The van der Waals surface area contributed by atoms with Crippen molar-refractivity contribution in [1.29, 1.82) is 0 Å². The standard InChI is InChI=1S/C14H9BF6O3/c16-13(17,18)9-5-1-3-7-11(9)23-15(22)24-12-8-4-2-6-10(12)14(19,20)21/h1-8,22H. The first-order chi connectivity index (χ1) is 11.1. The van der Waals surface area contributed by atoms with Crippen molar-refractivity contribution in [3.05, 3.63) is 59.7 Å². The largest absolute Gasteiger partial charge is 0.785 e. The van der Waals surface area contributed by atoms with Gasteiger partial charge in [0.1, 0.15) is 11.5 Å². The molecule has 128 valence electrons. The molecule has 2 rings (SSSR count). The lowest BCUT2D eigenvalue weighted by molar-refractivity contribution is -0.138. The Labute approximate surface area is 132 Å². The van der Waals surface area contributed by atoms with Gasteiger partial charge in [0.15, 0.2) is 0 Å². The van der Waals surface area contributed by atoms with Crippen molar-refractivity contribution in [3.8, 4) is 11.5 Å². The fourth-order valence-corrected chi connectivity index (χ4v) is 1.85. The third-order valence-corrected chi connectivity index (χ3v) is 2.84. The minimum Gasteiger partial charge on any atom is -0.500 e. The molecule has 0 saturated carbocycles. The molecule has 0 amide bonds. The number of benzene rings is 2. The van der Waals surface area contributed by atoms with Crippen molar-refractivity contribution in [3.63, 3.8) is 0 Å². The maximum atomic E-state index is 12.8. The summed E-state index contributed by atoms with van der Waals surface area (Å²) in [5.74, 6) is -1.55. The molecule has 0 bridgehead atoms. The first-order valence-electron chi connectivity index (χ1n) is 6.43. The van der Waals surface area contributed by atoms with Crippen molar-refractivity contribution in [2.24, 2.45) is 0 Å². The van der Waals surface area contributed by atoms with E-state index in [1.54, 1.807) is 0 Å². The van der Waals surface area contributed by atoms with Crippen LogP contribution >= 0.6 is 0 Å². The Hall–Kier alpha value is -2.36. The molecule has 0 saturated heterocycles. The topological polar surface area (TPSA) is 38.7 Å². The Morgan fingerprint density at radius 2 is 1.00 bits per heavy atom. The van der Waals surface area contributed by atoms with E-state index in [9.17, 15) is 31.4 Å². The lowest BCUT2D eigenvalue weighted by atomic mass is 10.1. The third kappa shape index (κ3) is 4.35. The highest BCUT2D eigenvalue weighted by Crippen LogP contribution is 2.37. The molecular weight excluding hydrogens is 341 g/mol. The molecule has 24 heavy (non-hydrogen) atoms. The number of hydrogen-bond acceptors (Lipinski definition) is 3. The third-order valence-electron chi connectivity index (χ3n) is 2.84. The molecule has 0 aliphatic carbocycles. The summed E-state index contributed by atoms with van der Waals surface area (Å²) in [5, 5.41) is 9.56. The van der Waals surface area contributed by atoms with E-state index in [2.05, 4.69) is 9.31 Å². The van der Waals surface area contributed by atoms with E-state index < -0.39 is 42.3 Å². The van der Waals surface area contributed by atoms with Crippen LogP contribution in [0.25, 0.3) is 0 Å². The summed E-state index contributed by atoms with van der Waals surface area (Å²) in [6.07, 6.45) is -9.53. The molecule has 2 aromatic carbocycles. The Balaban J connectivity index is 2.21. The van der Waals surface area contributed by atoms with Crippen molar-refractivity contribution >= 4 is 7.32 Å². The summed E-state index contributed by atoms with van der Waals surface area (Å²) in [7, 11) is -2.36. The van der Waals surface area contributed by atoms with E-state index in [0.29, 0.717) is 12.1 Å². The molecule has 10 heteroatoms. The molecule has 0 atom stereocenters. The summed E-state index contributed by atoms with van der Waals surface area (Å²) in [6.45, 7) is 0. The van der Waals surface area contributed by atoms with Gasteiger partial charge in [-0.3, -0.25) is 0 Å². The lowest BCUT2D eigenvalue weighted by Crippen LogP contribution is -2.31. The molecule has 0 unspecified atom stereocenters. The average molecular weight is 350 g/mol. The summed E-state index contributed by atoms with van der Waals surface area (Å²) in [5.41, 5.74) is -2.39. The van der Waals surface area contributed by atoms with E-state index in [4.69, 9.17) is 0 Å². The van der Waals surface area contributed by atoms with Gasteiger partial charge in [-0.25, -0.2) is 0 Å². The van der Waals surface area contributed by atoms with Crippen molar-refractivity contribution in [2.45, 2.75) is 12.4 Å². The highest BCUT2D eigenvalue weighted by atomic mass is 19.4. The second-order valence-electron chi connectivity index (χ2n) is 4.53. The van der Waals surface area contributed by atoms with E-state index in [-0.39, 0.29) is 0 Å². The van der Waals surface area contributed by atoms with Crippen LogP contribution in [0.3, 0.4) is 0 Å². The van der Waals surface area contributed by atoms with E-state index in [1.165, 1.54) is 12.1 Å². The highest BCUT2D eigenvalue weighted by molar-refractivity contribution is 6.36. The van der Waals surface area contributed by atoms with Crippen LogP contribution in [0.2, 0.25) is 0 Å². The average Bonchev–Trinajstić information content (AvgIpc) is 2.46. The van der Waals surface area contributed by atoms with Crippen LogP contribution in [0, 0.1) is 0 Å². The number of para-hydroxylation sites is 2. The van der Waals surface area contributed by atoms with Gasteiger partial charge in [-0.05, 0) is 24.3 Å². The monoisotopic (exact) mass is 350 g/mol. The molecule has 0 aromatic heterocycles. The predicted octanol–water partition coefficient (Wildman–Crippen LogP) is 4.16. The van der Waals surface area contributed by atoms with Crippen LogP contribution < -0.4 is 9.31 Å². The molecule has 3 nitrogen and oxygen atoms in total. The Morgan fingerprint density at radius 3 is 1.33 bits per heavy atom. The maximum absolute atomic E-state index is 12.8. The molecule has 0 aliphatic rings. The molecule has 2 aromatic rings. The van der Waals surface area contributed by atoms with E-state index >= 15 is 0 Å². The Bertz CT molecular complexity index is 642. The number of rotatable bonds is 4. The van der Waals surface area contributed by atoms with Crippen molar-refractivity contribution in [2.75, 3.05) is 0 Å². The predicted molar refractivity (Wildman–Crippen MR) is 72.1 cm³/mol. The van der Waals surface area contributed by atoms with Gasteiger partial charge in [-0.1, -0.05) is 24.3 Å². The zero-order valence-electron chi connectivity index (χ0n) is 11.7. The second-order valence-corrected chi connectivity index (χ2v) is 4.53. The number of halogens is 6. The van der Waals surface area contributed by atoms with Crippen LogP contribution in [0.15, 0.2) is 48.5 Å². The lowest BCUT2D eigenvalue weighted by Gasteiger charge is -2.17. The fourth-order valence-electron chi connectivity index (χ4n) is 1.85. The highest BCUT2D eigenvalue weighted by Gasteiger charge is 2.38. The van der Waals surface area contributed by atoms with Gasteiger partial charge in [0.25, 0.3) is 0 Å². The fraction of sp³-hybridized carbons (Fsp3) is 0.143. The number of alkyl halides is 6. The first kappa shape index (κ1) is 18.0. The Kier molecular flexibility index (Phi) is 4.98. The molecule has 0 spiro atoms. The second kappa shape index (κ2) is 6.64. The van der Waals surface area contributed by atoms with E-state index in [1.807, 2.05) is 0 Å².